The monoisotopic (exact) mass is 276 g/mol. The van der Waals surface area contributed by atoms with Crippen LogP contribution in [0.5, 0.6) is 0 Å². The highest BCUT2D eigenvalue weighted by Gasteiger charge is 2.36. The number of aryl methyl sites for hydroxylation is 2. The zero-order valence-electron chi connectivity index (χ0n) is 11.1. The van der Waals surface area contributed by atoms with Crippen LogP contribution in [0, 0.1) is 6.92 Å². The molecule has 0 unspecified atom stereocenters. The van der Waals surface area contributed by atoms with Gasteiger partial charge in [-0.2, -0.15) is 4.57 Å². The maximum Gasteiger partial charge on any atom is 0.500 e. The third kappa shape index (κ3) is 4.15. The van der Waals surface area contributed by atoms with E-state index in [1.165, 1.54) is 5.01 Å². The molecule has 17 heavy (non-hydrogen) atoms. The Morgan fingerprint density at radius 3 is 2.29 bits per heavy atom. The summed E-state index contributed by atoms with van der Waals surface area (Å²) < 4.78 is 18.4. The molecule has 1 aromatic rings. The van der Waals surface area contributed by atoms with Gasteiger partial charge in [-0.25, -0.2) is 0 Å². The minimum atomic E-state index is -2.36. The molecule has 0 fully saturated rings. The first kappa shape index (κ1) is 14.8. The molecule has 0 aromatic carbocycles. The highest BCUT2D eigenvalue weighted by atomic mass is 32.1. The van der Waals surface area contributed by atoms with Crippen molar-refractivity contribution in [3.63, 3.8) is 0 Å². The summed E-state index contributed by atoms with van der Waals surface area (Å²) >= 11 is 1.78. The van der Waals surface area contributed by atoms with Crippen molar-refractivity contribution in [2.75, 3.05) is 21.3 Å². The molecule has 0 bridgehead atoms. The second-order valence-corrected chi connectivity index (χ2v) is 8.06. The zero-order valence-corrected chi connectivity index (χ0v) is 12.9. The fourth-order valence-corrected chi connectivity index (χ4v) is 4.27. The predicted molar refractivity (Wildman–Crippen MR) is 70.1 cm³/mol. The second kappa shape index (κ2) is 7.23. The van der Waals surface area contributed by atoms with Crippen LogP contribution in [-0.2, 0) is 19.8 Å². The quantitative estimate of drug-likeness (QED) is 0.413. The normalized spacial score (nSPS) is 12.0. The van der Waals surface area contributed by atoms with Crippen molar-refractivity contribution in [3.05, 3.63) is 16.6 Å². The van der Waals surface area contributed by atoms with Crippen LogP contribution in [0.1, 0.15) is 17.8 Å². The fraction of sp³-hybridized carbons (Fsp3) is 0.727. The van der Waals surface area contributed by atoms with Gasteiger partial charge in [-0.15, -0.1) is 0 Å². The van der Waals surface area contributed by atoms with Crippen molar-refractivity contribution in [2.24, 2.45) is 0 Å². The molecule has 0 radical (unpaired) electrons. The van der Waals surface area contributed by atoms with Crippen molar-refractivity contribution < 1.29 is 17.8 Å². The molecule has 0 aliphatic rings. The van der Waals surface area contributed by atoms with E-state index in [2.05, 4.69) is 23.1 Å². The summed E-state index contributed by atoms with van der Waals surface area (Å²) in [6.07, 6.45) is 4.31. The fourth-order valence-electron chi connectivity index (χ4n) is 1.79. The molecule has 0 N–H and O–H groups in total. The summed E-state index contributed by atoms with van der Waals surface area (Å²) in [6, 6.07) is 0.875. The third-order valence-electron chi connectivity index (χ3n) is 2.95. The molecule has 0 aliphatic carbocycles. The van der Waals surface area contributed by atoms with Gasteiger partial charge in [-0.05, 0) is 6.42 Å². The van der Waals surface area contributed by atoms with Gasteiger partial charge in [0.1, 0.15) is 6.54 Å². The Hall–Kier alpha value is -0.273. The van der Waals surface area contributed by atoms with E-state index in [0.717, 1.165) is 25.4 Å². The number of nitrogens with zero attached hydrogens (tertiary/aromatic N) is 1. The minimum Gasteiger partial charge on any atom is -0.377 e. The number of rotatable bonds is 8. The Labute approximate surface area is 109 Å². The Bertz CT molecular complexity index is 320. The molecule has 98 valence electrons. The Kier molecular flexibility index (Phi) is 6.28. The summed E-state index contributed by atoms with van der Waals surface area (Å²) in [5.41, 5.74) is 0. The van der Waals surface area contributed by atoms with Crippen LogP contribution in [-0.4, -0.2) is 30.1 Å². The lowest BCUT2D eigenvalue weighted by Crippen LogP contribution is -2.42. The van der Waals surface area contributed by atoms with Crippen LogP contribution in [0.15, 0.2) is 11.6 Å². The summed E-state index contributed by atoms with van der Waals surface area (Å²) in [6.45, 7) is 3.19. The van der Waals surface area contributed by atoms with Crippen molar-refractivity contribution in [1.82, 2.24) is 0 Å². The lowest BCUT2D eigenvalue weighted by Gasteiger charge is -2.23. The Balaban J connectivity index is 2.30. The van der Waals surface area contributed by atoms with Crippen molar-refractivity contribution in [3.8, 4) is 0 Å². The molecule has 0 saturated heterocycles. The number of aromatic nitrogens is 1. The second-order valence-electron chi connectivity index (χ2n) is 3.87. The van der Waals surface area contributed by atoms with Crippen LogP contribution in [0.25, 0.3) is 0 Å². The first-order valence-corrected chi connectivity index (χ1v) is 8.57. The largest absolute Gasteiger partial charge is 0.500 e. The maximum absolute atomic E-state index is 5.39. The predicted octanol–water partition coefficient (Wildman–Crippen LogP) is 2.00. The van der Waals surface area contributed by atoms with Crippen LogP contribution in [0.3, 0.4) is 0 Å². The molecule has 0 spiro atoms. The van der Waals surface area contributed by atoms with Crippen LogP contribution in [0.4, 0.5) is 0 Å². The molecule has 0 aliphatic heterocycles. The molecular formula is C11H22NO3SSi+. The number of hydrogen-bond donors (Lipinski definition) is 0. The van der Waals surface area contributed by atoms with E-state index in [0.29, 0.717) is 0 Å². The molecule has 1 heterocycles. The Morgan fingerprint density at radius 2 is 1.82 bits per heavy atom. The molecule has 1 rings (SSSR count). The zero-order chi connectivity index (χ0) is 12.7. The van der Waals surface area contributed by atoms with E-state index >= 15 is 0 Å². The van der Waals surface area contributed by atoms with E-state index in [4.69, 9.17) is 13.3 Å². The molecule has 0 amide bonds. The van der Waals surface area contributed by atoms with E-state index in [-0.39, 0.29) is 0 Å². The standard InChI is InChI=1S/C11H22NO3SSi/c1-11-12(8-9-16-11)7-5-6-10-17(13-2,14-3)15-4/h8-9H,5-7,10H2,1-4H3/q+1. The van der Waals surface area contributed by atoms with Gasteiger partial charge in [0.25, 0.3) is 0 Å². The average molecular weight is 276 g/mol. The van der Waals surface area contributed by atoms with Crippen LogP contribution in [0.2, 0.25) is 6.04 Å². The van der Waals surface area contributed by atoms with Gasteiger partial charge in [0.05, 0.1) is 5.38 Å². The van der Waals surface area contributed by atoms with Crippen molar-refractivity contribution in [1.29, 1.82) is 0 Å². The SMILES string of the molecule is CO[Si](CCCC[n+]1ccsc1C)(OC)OC. The molecular weight excluding hydrogens is 254 g/mol. The van der Waals surface area contributed by atoms with E-state index < -0.39 is 8.80 Å². The van der Waals surface area contributed by atoms with Crippen molar-refractivity contribution in [2.45, 2.75) is 32.4 Å². The van der Waals surface area contributed by atoms with Gasteiger partial charge in [0, 0.05) is 40.7 Å². The number of unbranched alkanes of at least 4 members (excludes halogenated alkanes) is 1. The van der Waals surface area contributed by atoms with Gasteiger partial charge < -0.3 is 13.3 Å². The third-order valence-corrected chi connectivity index (χ3v) is 6.61. The first-order valence-electron chi connectivity index (χ1n) is 5.76. The van der Waals surface area contributed by atoms with Crippen molar-refractivity contribution >= 4 is 20.1 Å². The van der Waals surface area contributed by atoms with E-state index in [9.17, 15) is 0 Å². The van der Waals surface area contributed by atoms with Gasteiger partial charge in [0.15, 0.2) is 6.20 Å². The van der Waals surface area contributed by atoms with Gasteiger partial charge >= 0.3 is 8.80 Å². The van der Waals surface area contributed by atoms with E-state index in [1.54, 1.807) is 32.7 Å². The number of hydrogen-bond acceptors (Lipinski definition) is 4. The van der Waals surface area contributed by atoms with Gasteiger partial charge in [0.2, 0.25) is 5.01 Å². The molecule has 4 nitrogen and oxygen atoms in total. The molecule has 0 atom stereocenters. The minimum absolute atomic E-state index is 0.875. The lowest BCUT2D eigenvalue weighted by molar-refractivity contribution is -0.698. The lowest BCUT2D eigenvalue weighted by atomic mass is 10.3. The molecule has 1 aromatic heterocycles. The molecule has 6 heteroatoms. The summed E-state index contributed by atoms with van der Waals surface area (Å²) in [7, 11) is 2.63. The number of thiazole rings is 1. The van der Waals surface area contributed by atoms with Crippen LogP contribution < -0.4 is 4.57 Å². The highest BCUT2D eigenvalue weighted by Crippen LogP contribution is 2.16. The summed E-state index contributed by atoms with van der Waals surface area (Å²) in [5.74, 6) is 0. The Morgan fingerprint density at radius 1 is 1.18 bits per heavy atom. The van der Waals surface area contributed by atoms with E-state index in [1.807, 2.05) is 0 Å². The topological polar surface area (TPSA) is 31.6 Å². The summed E-state index contributed by atoms with van der Waals surface area (Å²) in [4.78, 5) is 0. The molecule has 0 saturated carbocycles. The smallest absolute Gasteiger partial charge is 0.377 e. The van der Waals surface area contributed by atoms with Gasteiger partial charge in [-0.3, -0.25) is 0 Å². The maximum atomic E-state index is 5.39. The summed E-state index contributed by atoms with van der Waals surface area (Å²) in [5, 5.41) is 3.46. The highest BCUT2D eigenvalue weighted by molar-refractivity contribution is 7.09. The van der Waals surface area contributed by atoms with Gasteiger partial charge in [-0.1, -0.05) is 11.3 Å². The average Bonchev–Trinajstić information content (AvgIpc) is 2.76. The first-order chi connectivity index (χ1) is 8.17. The van der Waals surface area contributed by atoms with Crippen LogP contribution >= 0.6 is 11.3 Å².